The fourth-order valence-electron chi connectivity index (χ4n) is 3.13. The molecule has 0 aliphatic rings. The van der Waals surface area contributed by atoms with Gasteiger partial charge < -0.3 is 10.8 Å². The number of nitrogens with two attached hydrogens (primary N) is 1. The fourth-order valence-corrected chi connectivity index (χ4v) is 3.13. The maximum atomic E-state index is 10.6. The van der Waals surface area contributed by atoms with Gasteiger partial charge in [-0.1, -0.05) is 85.3 Å². The number of aliphatic imine (C=N–C) groups is 1. The Balaban J connectivity index is 1.78. The lowest BCUT2D eigenvalue weighted by molar-refractivity contribution is 0.220. The van der Waals surface area contributed by atoms with E-state index in [1.165, 1.54) is 5.56 Å². The van der Waals surface area contributed by atoms with Crippen LogP contribution in [-0.4, -0.2) is 18.0 Å². The van der Waals surface area contributed by atoms with Crippen LogP contribution in [0.2, 0.25) is 0 Å². The Morgan fingerprint density at radius 1 is 0.778 bits per heavy atom. The van der Waals surface area contributed by atoms with E-state index in [1.807, 2.05) is 55.5 Å². The van der Waals surface area contributed by atoms with E-state index in [0.717, 1.165) is 27.8 Å². The molecule has 3 aromatic carbocycles. The van der Waals surface area contributed by atoms with Gasteiger partial charge in [0, 0.05) is 13.0 Å². The molecular weight excluding hydrogens is 332 g/mol. The summed E-state index contributed by atoms with van der Waals surface area (Å²) < 4.78 is 0. The first-order valence-corrected chi connectivity index (χ1v) is 9.16. The molecule has 3 N–H and O–H groups in total. The first-order chi connectivity index (χ1) is 13.0. The van der Waals surface area contributed by atoms with Crippen molar-refractivity contribution in [3.05, 3.63) is 95.1 Å². The van der Waals surface area contributed by atoms with Crippen LogP contribution in [0.5, 0.6) is 0 Å². The monoisotopic (exact) mass is 358 g/mol. The molecule has 138 valence electrons. The highest BCUT2D eigenvalue weighted by atomic mass is 16.3. The molecule has 0 aromatic heterocycles. The second kappa shape index (κ2) is 8.19. The molecule has 2 atom stereocenters. The largest absolute Gasteiger partial charge is 0.387 e. The van der Waals surface area contributed by atoms with Gasteiger partial charge in [-0.2, -0.15) is 0 Å². The number of benzene rings is 3. The molecule has 3 rings (SSSR count). The highest BCUT2D eigenvalue weighted by Gasteiger charge is 2.11. The van der Waals surface area contributed by atoms with Crippen molar-refractivity contribution in [3.8, 4) is 11.1 Å². The number of hydrogen-bond donors (Lipinski definition) is 2. The maximum absolute atomic E-state index is 10.6. The molecule has 27 heavy (non-hydrogen) atoms. The average Bonchev–Trinajstić information content (AvgIpc) is 2.73. The number of aliphatic hydroxyl groups is 1. The van der Waals surface area contributed by atoms with Crippen molar-refractivity contribution in [2.24, 2.45) is 10.7 Å². The van der Waals surface area contributed by atoms with Crippen molar-refractivity contribution in [2.75, 3.05) is 7.05 Å². The molecule has 0 radical (unpaired) electrons. The predicted molar refractivity (Wildman–Crippen MR) is 113 cm³/mol. The summed E-state index contributed by atoms with van der Waals surface area (Å²) >= 11 is 0. The van der Waals surface area contributed by atoms with Crippen LogP contribution < -0.4 is 5.73 Å². The van der Waals surface area contributed by atoms with Gasteiger partial charge in [0.1, 0.15) is 11.9 Å². The van der Waals surface area contributed by atoms with Gasteiger partial charge in [-0.15, -0.1) is 0 Å². The molecule has 0 aliphatic carbocycles. The van der Waals surface area contributed by atoms with Gasteiger partial charge in [-0.25, -0.2) is 0 Å². The van der Waals surface area contributed by atoms with E-state index in [2.05, 4.69) is 36.2 Å². The Morgan fingerprint density at radius 3 is 1.63 bits per heavy atom. The van der Waals surface area contributed by atoms with E-state index in [9.17, 15) is 5.11 Å². The van der Waals surface area contributed by atoms with Crippen LogP contribution in [0, 0.1) is 6.92 Å². The molecule has 3 heteroatoms. The normalized spacial score (nSPS) is 14.0. The van der Waals surface area contributed by atoms with Crippen LogP contribution in [0.25, 0.3) is 11.1 Å². The summed E-state index contributed by atoms with van der Waals surface area (Å²) in [4.78, 5) is 4.07. The van der Waals surface area contributed by atoms with Crippen molar-refractivity contribution in [3.63, 3.8) is 0 Å². The van der Waals surface area contributed by atoms with Crippen LogP contribution in [0.1, 0.15) is 41.2 Å². The van der Waals surface area contributed by atoms with Crippen molar-refractivity contribution in [1.82, 2.24) is 0 Å². The van der Waals surface area contributed by atoms with Crippen LogP contribution in [0.4, 0.5) is 0 Å². The second-order valence-corrected chi connectivity index (χ2v) is 6.93. The Hall–Kier alpha value is -2.91. The summed E-state index contributed by atoms with van der Waals surface area (Å²) in [7, 11) is 1.72. The molecule has 2 unspecified atom stereocenters. The minimum absolute atomic E-state index is 0.107. The number of hydrogen-bond acceptors (Lipinski definition) is 2. The Morgan fingerprint density at radius 2 is 1.19 bits per heavy atom. The van der Waals surface area contributed by atoms with E-state index in [-0.39, 0.29) is 5.92 Å². The van der Waals surface area contributed by atoms with E-state index < -0.39 is 6.10 Å². The molecule has 0 bridgehead atoms. The van der Waals surface area contributed by atoms with Crippen molar-refractivity contribution in [1.29, 1.82) is 0 Å². The standard InChI is InChI=1S/C24H26N2O/c1-16-4-6-21(7-5-16)23(27)22-14-12-20(13-15-22)19-10-8-18(9-11-19)17(2)24(25)26-3/h4-15,17,23,27H,1-3H3,(H2,25,26). The van der Waals surface area contributed by atoms with Gasteiger partial charge in [-0.05, 0) is 34.7 Å². The van der Waals surface area contributed by atoms with E-state index >= 15 is 0 Å². The minimum Gasteiger partial charge on any atom is -0.387 e. The maximum Gasteiger partial charge on any atom is 0.104 e. The molecule has 0 spiro atoms. The average molecular weight is 358 g/mol. The Kier molecular flexibility index (Phi) is 5.72. The summed E-state index contributed by atoms with van der Waals surface area (Å²) in [6.07, 6.45) is -0.612. The van der Waals surface area contributed by atoms with Gasteiger partial charge in [0.2, 0.25) is 0 Å². The second-order valence-electron chi connectivity index (χ2n) is 6.93. The highest BCUT2D eigenvalue weighted by molar-refractivity contribution is 5.87. The van der Waals surface area contributed by atoms with E-state index in [0.29, 0.717) is 5.84 Å². The summed E-state index contributed by atoms with van der Waals surface area (Å²) in [5, 5.41) is 10.6. The van der Waals surface area contributed by atoms with Gasteiger partial charge in [0.15, 0.2) is 0 Å². The smallest absolute Gasteiger partial charge is 0.104 e. The van der Waals surface area contributed by atoms with Crippen molar-refractivity contribution >= 4 is 5.84 Å². The van der Waals surface area contributed by atoms with Gasteiger partial charge in [0.05, 0.1) is 0 Å². The molecule has 0 fully saturated rings. The lowest BCUT2D eigenvalue weighted by atomic mass is 9.95. The summed E-state index contributed by atoms with van der Waals surface area (Å²) in [5.41, 5.74) is 12.3. The molecule has 3 aromatic rings. The van der Waals surface area contributed by atoms with Crippen LogP contribution in [0.3, 0.4) is 0 Å². The molecule has 0 saturated heterocycles. The zero-order valence-corrected chi connectivity index (χ0v) is 16.1. The lowest BCUT2D eigenvalue weighted by Crippen LogP contribution is -2.19. The summed E-state index contributed by atoms with van der Waals surface area (Å²) in [5.74, 6) is 0.744. The van der Waals surface area contributed by atoms with Crippen LogP contribution >= 0.6 is 0 Å². The third-order valence-corrected chi connectivity index (χ3v) is 5.07. The zero-order chi connectivity index (χ0) is 19.4. The number of aliphatic hydroxyl groups excluding tert-OH is 1. The number of nitrogens with zero attached hydrogens (tertiary/aromatic N) is 1. The Labute approximate surface area is 161 Å². The predicted octanol–water partition coefficient (Wildman–Crippen LogP) is 4.83. The lowest BCUT2D eigenvalue weighted by Gasteiger charge is -2.14. The van der Waals surface area contributed by atoms with Gasteiger partial charge >= 0.3 is 0 Å². The summed E-state index contributed by atoms with van der Waals surface area (Å²) in [6, 6.07) is 24.4. The number of aryl methyl sites for hydroxylation is 1. The van der Waals surface area contributed by atoms with Crippen molar-refractivity contribution < 1.29 is 5.11 Å². The minimum atomic E-state index is -0.612. The molecule has 0 heterocycles. The fraction of sp³-hybridized carbons (Fsp3) is 0.208. The molecule has 3 nitrogen and oxygen atoms in total. The molecule has 0 saturated carbocycles. The van der Waals surface area contributed by atoms with Crippen molar-refractivity contribution in [2.45, 2.75) is 25.9 Å². The SMILES string of the molecule is CN=C(N)C(C)c1ccc(-c2ccc(C(O)c3ccc(C)cc3)cc2)cc1. The third-order valence-electron chi connectivity index (χ3n) is 5.07. The quantitative estimate of drug-likeness (QED) is 0.507. The van der Waals surface area contributed by atoms with E-state index in [1.54, 1.807) is 7.05 Å². The van der Waals surface area contributed by atoms with E-state index in [4.69, 9.17) is 5.73 Å². The Bertz CT molecular complexity index is 910. The summed E-state index contributed by atoms with van der Waals surface area (Å²) in [6.45, 7) is 4.10. The van der Waals surface area contributed by atoms with Gasteiger partial charge in [-0.3, -0.25) is 4.99 Å². The number of rotatable bonds is 5. The zero-order valence-electron chi connectivity index (χ0n) is 16.1. The van der Waals surface area contributed by atoms with Gasteiger partial charge in [0.25, 0.3) is 0 Å². The van der Waals surface area contributed by atoms with Crippen LogP contribution in [-0.2, 0) is 0 Å². The molecular formula is C24H26N2O. The first-order valence-electron chi connectivity index (χ1n) is 9.16. The number of amidine groups is 1. The molecule has 0 aliphatic heterocycles. The first kappa shape index (κ1) is 18.9. The molecule has 0 amide bonds. The van der Waals surface area contributed by atoms with Crippen LogP contribution in [0.15, 0.2) is 77.8 Å². The topological polar surface area (TPSA) is 58.6 Å². The third kappa shape index (κ3) is 4.26. The highest BCUT2D eigenvalue weighted by Crippen LogP contribution is 2.27.